The molecule has 0 fully saturated rings. The largest absolute Gasteiger partial charge is 0.481 e. The number of pyridine rings is 2. The highest BCUT2D eigenvalue weighted by Crippen LogP contribution is 2.41. The van der Waals surface area contributed by atoms with Crippen molar-refractivity contribution in [3.05, 3.63) is 46.9 Å². The van der Waals surface area contributed by atoms with Crippen molar-refractivity contribution in [1.82, 2.24) is 15.0 Å². The molecule has 4 aromatic heterocycles. The van der Waals surface area contributed by atoms with Gasteiger partial charge in [-0.15, -0.1) is 0 Å². The van der Waals surface area contributed by atoms with Crippen LogP contribution in [0.2, 0.25) is 0 Å². The summed E-state index contributed by atoms with van der Waals surface area (Å²) >= 11 is 1.68. The van der Waals surface area contributed by atoms with E-state index in [1.54, 1.807) is 25.6 Å². The van der Waals surface area contributed by atoms with Crippen molar-refractivity contribution in [1.29, 1.82) is 0 Å². The lowest BCUT2D eigenvalue weighted by Gasteiger charge is -2.11. The second kappa shape index (κ2) is 6.22. The van der Waals surface area contributed by atoms with Crippen LogP contribution in [0.4, 0.5) is 0 Å². The van der Waals surface area contributed by atoms with Crippen molar-refractivity contribution >= 4 is 22.4 Å². The Hall–Kier alpha value is -2.86. The third kappa shape index (κ3) is 2.55. The summed E-state index contributed by atoms with van der Waals surface area (Å²) in [7, 11) is 3.21. The summed E-state index contributed by atoms with van der Waals surface area (Å²) in [5.74, 6) is 1.05. The quantitative estimate of drug-likeness (QED) is 0.580. The number of rotatable bonds is 4. The van der Waals surface area contributed by atoms with E-state index < -0.39 is 0 Å². The molecule has 4 rings (SSSR count). The van der Waals surface area contributed by atoms with Crippen LogP contribution in [0.5, 0.6) is 11.8 Å². The lowest BCUT2D eigenvalue weighted by atomic mass is 9.97. The first-order valence-electron chi connectivity index (χ1n) is 7.81. The van der Waals surface area contributed by atoms with Gasteiger partial charge in [-0.2, -0.15) is 16.3 Å². The first-order valence-corrected chi connectivity index (χ1v) is 8.76. The Kier molecular flexibility index (Phi) is 3.89. The maximum absolute atomic E-state index is 5.50. The molecule has 1 N–H and O–H groups in total. The maximum Gasteiger partial charge on any atom is 0.224 e. The average molecular weight is 351 g/mol. The van der Waals surface area contributed by atoms with Crippen molar-refractivity contribution in [2.45, 2.75) is 6.92 Å². The summed E-state index contributed by atoms with van der Waals surface area (Å²) in [6.07, 6.45) is 3.86. The van der Waals surface area contributed by atoms with Crippen molar-refractivity contribution in [3.8, 4) is 34.0 Å². The Morgan fingerprint density at radius 1 is 1.08 bits per heavy atom. The van der Waals surface area contributed by atoms with Crippen LogP contribution in [0, 0.1) is 6.92 Å². The minimum atomic E-state index is 0.521. The highest BCUT2D eigenvalue weighted by molar-refractivity contribution is 7.08. The van der Waals surface area contributed by atoms with Crippen LogP contribution in [0.25, 0.3) is 33.3 Å². The van der Waals surface area contributed by atoms with E-state index in [0.717, 1.165) is 27.7 Å². The fraction of sp³-hybridized carbons (Fsp3) is 0.158. The molecule has 4 aromatic rings. The van der Waals surface area contributed by atoms with Crippen LogP contribution >= 0.6 is 11.3 Å². The molecule has 0 bridgehead atoms. The fourth-order valence-corrected chi connectivity index (χ4v) is 3.73. The fourth-order valence-electron chi connectivity index (χ4n) is 3.08. The highest BCUT2D eigenvalue weighted by atomic mass is 32.1. The average Bonchev–Trinajstić information content (AvgIpc) is 3.31. The van der Waals surface area contributed by atoms with E-state index >= 15 is 0 Å². The van der Waals surface area contributed by atoms with Crippen molar-refractivity contribution in [2.24, 2.45) is 0 Å². The number of methoxy groups -OCH3 is 2. The minimum absolute atomic E-state index is 0.521. The number of fused-ring (bicyclic) bond motifs is 1. The Bertz CT molecular complexity index is 1040. The predicted octanol–water partition coefficient (Wildman–Crippen LogP) is 4.68. The summed E-state index contributed by atoms with van der Waals surface area (Å²) in [6.45, 7) is 2.08. The number of aromatic nitrogens is 3. The molecule has 6 heteroatoms. The highest BCUT2D eigenvalue weighted by Gasteiger charge is 2.19. The van der Waals surface area contributed by atoms with Crippen LogP contribution in [-0.2, 0) is 0 Å². The molecule has 0 aliphatic carbocycles. The second-order valence-electron chi connectivity index (χ2n) is 5.66. The van der Waals surface area contributed by atoms with Gasteiger partial charge in [0.1, 0.15) is 5.65 Å². The van der Waals surface area contributed by atoms with E-state index in [4.69, 9.17) is 9.47 Å². The van der Waals surface area contributed by atoms with Crippen molar-refractivity contribution < 1.29 is 9.47 Å². The lowest BCUT2D eigenvalue weighted by Crippen LogP contribution is -1.95. The smallest absolute Gasteiger partial charge is 0.224 e. The van der Waals surface area contributed by atoms with Gasteiger partial charge in [-0.05, 0) is 46.5 Å². The monoisotopic (exact) mass is 351 g/mol. The first-order chi connectivity index (χ1) is 12.2. The molecular formula is C19H17N3O2S. The van der Waals surface area contributed by atoms with Gasteiger partial charge >= 0.3 is 0 Å². The molecule has 0 saturated heterocycles. The Morgan fingerprint density at radius 2 is 1.96 bits per heavy atom. The molecule has 5 nitrogen and oxygen atoms in total. The standard InChI is InChI=1S/C19H17N3O2S/c1-11-8-20-18-17(16(11)12-6-7-25-10-12)14(9-21-18)13-4-5-15(23-2)22-19(13)24-3/h4-10H,1-3H3,(H,20,21). The summed E-state index contributed by atoms with van der Waals surface area (Å²) < 4.78 is 10.7. The van der Waals surface area contributed by atoms with E-state index in [1.807, 2.05) is 24.5 Å². The van der Waals surface area contributed by atoms with Crippen molar-refractivity contribution in [3.63, 3.8) is 0 Å². The van der Waals surface area contributed by atoms with E-state index in [9.17, 15) is 0 Å². The van der Waals surface area contributed by atoms with Gasteiger partial charge in [0.15, 0.2) is 0 Å². The van der Waals surface area contributed by atoms with Crippen LogP contribution in [-0.4, -0.2) is 29.2 Å². The lowest BCUT2D eigenvalue weighted by molar-refractivity contribution is 0.366. The molecule has 0 aromatic carbocycles. The molecule has 0 atom stereocenters. The number of nitrogens with zero attached hydrogens (tertiary/aromatic N) is 2. The zero-order valence-corrected chi connectivity index (χ0v) is 15.0. The topological polar surface area (TPSA) is 60.0 Å². The number of H-pyrrole nitrogens is 1. The third-order valence-electron chi connectivity index (χ3n) is 4.23. The molecule has 0 aliphatic rings. The van der Waals surface area contributed by atoms with Gasteiger partial charge in [-0.25, -0.2) is 4.98 Å². The number of hydrogen-bond donors (Lipinski definition) is 1. The predicted molar refractivity (Wildman–Crippen MR) is 100 cm³/mol. The summed E-state index contributed by atoms with van der Waals surface area (Å²) in [6, 6.07) is 5.93. The van der Waals surface area contributed by atoms with Gasteiger partial charge in [-0.3, -0.25) is 0 Å². The molecule has 0 aliphatic heterocycles. The van der Waals surface area contributed by atoms with E-state index in [1.165, 1.54) is 11.1 Å². The van der Waals surface area contributed by atoms with E-state index in [-0.39, 0.29) is 0 Å². The number of ether oxygens (including phenoxy) is 2. The van der Waals surface area contributed by atoms with Crippen LogP contribution < -0.4 is 9.47 Å². The molecular weight excluding hydrogens is 334 g/mol. The van der Waals surface area contributed by atoms with Crippen LogP contribution in [0.1, 0.15) is 5.56 Å². The van der Waals surface area contributed by atoms with Crippen molar-refractivity contribution in [2.75, 3.05) is 14.2 Å². The number of thiophene rings is 1. The zero-order chi connectivity index (χ0) is 17.4. The number of nitrogens with one attached hydrogen (secondary N) is 1. The molecule has 25 heavy (non-hydrogen) atoms. The normalized spacial score (nSPS) is 11.0. The number of aryl methyl sites for hydroxylation is 1. The molecule has 4 heterocycles. The minimum Gasteiger partial charge on any atom is -0.481 e. The molecule has 0 saturated carbocycles. The first kappa shape index (κ1) is 15.7. The van der Waals surface area contributed by atoms with Gasteiger partial charge in [0.25, 0.3) is 0 Å². The van der Waals surface area contributed by atoms with Gasteiger partial charge in [0, 0.05) is 35.0 Å². The summed E-state index contributed by atoms with van der Waals surface area (Å²) in [4.78, 5) is 12.2. The molecule has 0 amide bonds. The molecule has 0 unspecified atom stereocenters. The van der Waals surface area contributed by atoms with Crippen LogP contribution in [0.3, 0.4) is 0 Å². The Balaban J connectivity index is 2.03. The number of hydrogen-bond acceptors (Lipinski definition) is 5. The second-order valence-corrected chi connectivity index (χ2v) is 6.44. The maximum atomic E-state index is 5.50. The third-order valence-corrected chi connectivity index (χ3v) is 4.91. The van der Waals surface area contributed by atoms with Gasteiger partial charge in [0.2, 0.25) is 11.8 Å². The Morgan fingerprint density at radius 3 is 2.68 bits per heavy atom. The zero-order valence-electron chi connectivity index (χ0n) is 14.2. The molecule has 0 spiro atoms. The Labute approximate surface area is 149 Å². The van der Waals surface area contributed by atoms with Gasteiger partial charge in [-0.1, -0.05) is 0 Å². The van der Waals surface area contributed by atoms with Gasteiger partial charge in [0.05, 0.1) is 14.2 Å². The van der Waals surface area contributed by atoms with E-state index in [2.05, 4.69) is 38.7 Å². The summed E-state index contributed by atoms with van der Waals surface area (Å²) in [5, 5.41) is 5.31. The van der Waals surface area contributed by atoms with Crippen LogP contribution in [0.15, 0.2) is 41.4 Å². The van der Waals surface area contributed by atoms with Gasteiger partial charge < -0.3 is 14.5 Å². The van der Waals surface area contributed by atoms with E-state index in [0.29, 0.717) is 11.8 Å². The number of aromatic amines is 1. The summed E-state index contributed by atoms with van der Waals surface area (Å²) in [5.41, 5.74) is 6.27. The molecule has 0 radical (unpaired) electrons. The molecule has 126 valence electrons. The SMILES string of the molecule is COc1ccc(-c2c[nH]c3ncc(C)c(-c4ccsc4)c23)c(OC)n1.